The van der Waals surface area contributed by atoms with Crippen molar-refractivity contribution in [3.63, 3.8) is 0 Å². The number of para-hydroxylation sites is 1. The zero-order chi connectivity index (χ0) is 13.1. The molecule has 0 saturated carbocycles. The summed E-state index contributed by atoms with van der Waals surface area (Å²) in [4.78, 5) is 0. The maximum atomic E-state index is 10.2. The van der Waals surface area contributed by atoms with Crippen molar-refractivity contribution in [3.8, 4) is 5.75 Å². The van der Waals surface area contributed by atoms with E-state index in [1.807, 2.05) is 24.3 Å². The van der Waals surface area contributed by atoms with Crippen molar-refractivity contribution in [1.82, 2.24) is 0 Å². The number of phenols is 1. The Morgan fingerprint density at radius 3 is 2.11 bits per heavy atom. The van der Waals surface area contributed by atoms with Crippen LogP contribution in [0.15, 0.2) is 78.9 Å². The van der Waals surface area contributed by atoms with E-state index in [0.29, 0.717) is 11.4 Å². The van der Waals surface area contributed by atoms with Gasteiger partial charge in [-0.25, -0.2) is 0 Å². The lowest BCUT2D eigenvalue weighted by Gasteiger charge is -2.23. The van der Waals surface area contributed by atoms with Crippen LogP contribution in [0.4, 0.5) is 0 Å². The Labute approximate surface area is 114 Å². The fraction of sp³-hybridized carbons (Fsp3) is 0.0588. The zero-order valence-electron chi connectivity index (χ0n) is 10.5. The monoisotopic (exact) mass is 266 g/mol. The molecular formula is C17H15OP. The summed E-state index contributed by atoms with van der Waals surface area (Å²) in [5.41, 5.74) is 0.366. The van der Waals surface area contributed by atoms with Gasteiger partial charge in [0.25, 0.3) is 0 Å². The molecule has 1 N–H and O–H groups in total. The van der Waals surface area contributed by atoms with E-state index in [1.54, 1.807) is 6.07 Å². The molecule has 94 valence electrons. The first-order chi connectivity index (χ1) is 9.36. The second-order valence-electron chi connectivity index (χ2n) is 4.45. The third-order valence-electron chi connectivity index (χ3n) is 3.20. The number of hydrogen-bond donors (Lipinski definition) is 1. The lowest BCUT2D eigenvalue weighted by Crippen LogP contribution is -2.18. The third kappa shape index (κ3) is 2.47. The van der Waals surface area contributed by atoms with E-state index in [9.17, 15) is 5.11 Å². The first-order valence-corrected chi connectivity index (χ1v) is 7.74. The van der Waals surface area contributed by atoms with Crippen LogP contribution in [-0.4, -0.2) is 10.8 Å². The number of aromatic hydroxyl groups is 1. The highest BCUT2D eigenvalue weighted by Gasteiger charge is 2.24. The summed E-state index contributed by atoms with van der Waals surface area (Å²) in [5.74, 6) is 0.395. The summed E-state index contributed by atoms with van der Waals surface area (Å²) in [6.07, 6.45) is 8.60. The van der Waals surface area contributed by atoms with Gasteiger partial charge in [-0.1, -0.05) is 72.8 Å². The van der Waals surface area contributed by atoms with Crippen LogP contribution in [-0.2, 0) is 0 Å². The number of benzene rings is 2. The molecule has 1 aliphatic carbocycles. The Hall–Kier alpha value is -1.85. The SMILES string of the molecule is Oc1ccccc1P(c1ccccc1)C1C=CC=C1. The summed E-state index contributed by atoms with van der Waals surface area (Å²) in [5, 5.41) is 12.5. The molecule has 19 heavy (non-hydrogen) atoms. The van der Waals surface area contributed by atoms with E-state index in [1.165, 1.54) is 5.30 Å². The van der Waals surface area contributed by atoms with Crippen LogP contribution in [0.1, 0.15) is 0 Å². The smallest absolute Gasteiger partial charge is 0.123 e. The largest absolute Gasteiger partial charge is 0.507 e. The van der Waals surface area contributed by atoms with E-state index < -0.39 is 7.92 Å². The van der Waals surface area contributed by atoms with Crippen LogP contribution in [0.25, 0.3) is 0 Å². The molecule has 0 amide bonds. The van der Waals surface area contributed by atoms with Crippen LogP contribution in [0, 0.1) is 0 Å². The minimum absolute atomic E-state index is 0.366. The lowest BCUT2D eigenvalue weighted by molar-refractivity contribution is 0.479. The summed E-state index contributed by atoms with van der Waals surface area (Å²) in [6, 6.07) is 18.1. The Balaban J connectivity index is 2.10. The number of hydrogen-bond acceptors (Lipinski definition) is 1. The molecule has 0 fully saturated rings. The molecular weight excluding hydrogens is 251 g/mol. The van der Waals surface area contributed by atoms with Gasteiger partial charge in [-0.05, 0) is 19.3 Å². The van der Waals surface area contributed by atoms with Gasteiger partial charge < -0.3 is 5.11 Å². The molecule has 0 heterocycles. The van der Waals surface area contributed by atoms with Crippen molar-refractivity contribution < 1.29 is 5.11 Å². The third-order valence-corrected chi connectivity index (χ3v) is 5.89. The van der Waals surface area contributed by atoms with Gasteiger partial charge in [0.15, 0.2) is 0 Å². The van der Waals surface area contributed by atoms with Gasteiger partial charge in [0.05, 0.1) is 0 Å². The second-order valence-corrected chi connectivity index (χ2v) is 6.79. The predicted molar refractivity (Wildman–Crippen MR) is 82.8 cm³/mol. The lowest BCUT2D eigenvalue weighted by atomic mass is 10.3. The highest BCUT2D eigenvalue weighted by Crippen LogP contribution is 2.44. The average molecular weight is 266 g/mol. The first-order valence-electron chi connectivity index (χ1n) is 6.33. The van der Waals surface area contributed by atoms with Gasteiger partial charge in [-0.3, -0.25) is 0 Å². The van der Waals surface area contributed by atoms with Gasteiger partial charge in [0, 0.05) is 11.0 Å². The standard InChI is InChI=1S/C17H15OP/c18-16-12-6-7-13-17(16)19(15-10-4-5-11-15)14-8-2-1-3-9-14/h1-13,15,18H. The molecule has 1 aliphatic rings. The van der Waals surface area contributed by atoms with Crippen LogP contribution in [0.2, 0.25) is 0 Å². The van der Waals surface area contributed by atoms with E-state index >= 15 is 0 Å². The molecule has 3 rings (SSSR count). The second kappa shape index (κ2) is 5.42. The van der Waals surface area contributed by atoms with Crippen molar-refractivity contribution in [3.05, 3.63) is 78.9 Å². The van der Waals surface area contributed by atoms with Gasteiger partial charge in [0.2, 0.25) is 0 Å². The molecule has 0 aliphatic heterocycles. The fourth-order valence-corrected chi connectivity index (χ4v) is 4.87. The molecule has 0 spiro atoms. The molecule has 2 heteroatoms. The molecule has 0 aromatic heterocycles. The van der Waals surface area contributed by atoms with Gasteiger partial charge in [-0.15, -0.1) is 0 Å². The molecule has 2 aromatic carbocycles. The van der Waals surface area contributed by atoms with Crippen LogP contribution >= 0.6 is 7.92 Å². The quantitative estimate of drug-likeness (QED) is 0.845. The number of phenolic OH excluding ortho intramolecular Hbond substituents is 1. The minimum Gasteiger partial charge on any atom is -0.507 e. The Morgan fingerprint density at radius 2 is 1.42 bits per heavy atom. The van der Waals surface area contributed by atoms with E-state index in [4.69, 9.17) is 0 Å². The highest BCUT2D eigenvalue weighted by molar-refractivity contribution is 7.74. The summed E-state index contributed by atoms with van der Waals surface area (Å²) in [7, 11) is -0.596. The predicted octanol–water partition coefficient (Wildman–Crippen LogP) is 3.32. The fourth-order valence-electron chi connectivity index (χ4n) is 2.32. The maximum absolute atomic E-state index is 10.2. The van der Waals surface area contributed by atoms with Gasteiger partial charge >= 0.3 is 0 Å². The summed E-state index contributed by atoms with van der Waals surface area (Å²) < 4.78 is 0. The average Bonchev–Trinajstić information content (AvgIpc) is 2.96. The van der Waals surface area contributed by atoms with Crippen LogP contribution in [0.3, 0.4) is 0 Å². The van der Waals surface area contributed by atoms with Crippen molar-refractivity contribution in [2.24, 2.45) is 0 Å². The Kier molecular flexibility index (Phi) is 3.48. The summed E-state index contributed by atoms with van der Waals surface area (Å²) in [6.45, 7) is 0. The zero-order valence-corrected chi connectivity index (χ0v) is 11.4. The van der Waals surface area contributed by atoms with Crippen LogP contribution < -0.4 is 10.6 Å². The maximum Gasteiger partial charge on any atom is 0.123 e. The van der Waals surface area contributed by atoms with Crippen molar-refractivity contribution in [2.75, 3.05) is 0 Å². The van der Waals surface area contributed by atoms with E-state index in [-0.39, 0.29) is 0 Å². The van der Waals surface area contributed by atoms with Crippen molar-refractivity contribution in [2.45, 2.75) is 5.66 Å². The molecule has 2 aromatic rings. The number of allylic oxidation sites excluding steroid dienone is 4. The van der Waals surface area contributed by atoms with Crippen molar-refractivity contribution >= 4 is 18.5 Å². The minimum atomic E-state index is -0.596. The number of rotatable bonds is 3. The van der Waals surface area contributed by atoms with E-state index in [2.05, 4.69) is 48.6 Å². The molecule has 1 nitrogen and oxygen atoms in total. The molecule has 0 saturated heterocycles. The van der Waals surface area contributed by atoms with Gasteiger partial charge in [0.1, 0.15) is 5.75 Å². The highest BCUT2D eigenvalue weighted by atomic mass is 31.1. The first kappa shape index (κ1) is 12.2. The topological polar surface area (TPSA) is 20.2 Å². The van der Waals surface area contributed by atoms with Gasteiger partial charge in [-0.2, -0.15) is 0 Å². The Morgan fingerprint density at radius 1 is 0.789 bits per heavy atom. The molecule has 1 unspecified atom stereocenters. The molecule has 1 atom stereocenters. The summed E-state index contributed by atoms with van der Waals surface area (Å²) >= 11 is 0. The normalized spacial score (nSPS) is 15.8. The molecule has 0 bridgehead atoms. The van der Waals surface area contributed by atoms with Crippen LogP contribution in [0.5, 0.6) is 5.75 Å². The van der Waals surface area contributed by atoms with E-state index in [0.717, 1.165) is 5.30 Å². The van der Waals surface area contributed by atoms with Crippen molar-refractivity contribution in [1.29, 1.82) is 0 Å². The molecule has 0 radical (unpaired) electrons. The Bertz CT molecular complexity index is 604.